The van der Waals surface area contributed by atoms with Gasteiger partial charge in [0.2, 0.25) is 5.91 Å². The zero-order valence-electron chi connectivity index (χ0n) is 12.8. The van der Waals surface area contributed by atoms with E-state index in [1.165, 1.54) is 0 Å². The molecule has 0 unspecified atom stereocenters. The summed E-state index contributed by atoms with van der Waals surface area (Å²) in [5.41, 5.74) is 1.20. The largest absolute Gasteiger partial charge is 0.359 e. The summed E-state index contributed by atoms with van der Waals surface area (Å²) in [7, 11) is 3.64. The summed E-state index contributed by atoms with van der Waals surface area (Å²) in [4.78, 5) is 27.8. The number of carbonyl (C=O) groups excluding carboxylic acids is 2. The van der Waals surface area contributed by atoms with Gasteiger partial charge in [-0.1, -0.05) is 11.6 Å². The van der Waals surface area contributed by atoms with Crippen LogP contribution in [0.3, 0.4) is 0 Å². The number of rotatable bonds is 2. The van der Waals surface area contributed by atoms with E-state index in [1.54, 1.807) is 11.9 Å². The summed E-state index contributed by atoms with van der Waals surface area (Å²) in [6.07, 6.45) is 0.984. The lowest BCUT2D eigenvalue weighted by Crippen LogP contribution is -2.55. The van der Waals surface area contributed by atoms with Gasteiger partial charge < -0.3 is 15.1 Å². The van der Waals surface area contributed by atoms with Crippen molar-refractivity contribution in [2.75, 3.05) is 33.7 Å². The highest BCUT2D eigenvalue weighted by atomic mass is 35.5. The van der Waals surface area contributed by atoms with E-state index in [4.69, 9.17) is 11.6 Å². The fourth-order valence-electron chi connectivity index (χ4n) is 2.94. The lowest BCUT2D eigenvalue weighted by atomic mass is 9.99. The van der Waals surface area contributed by atoms with Gasteiger partial charge >= 0.3 is 0 Å². The average Bonchev–Trinajstić information content (AvgIpc) is 2.63. The first-order valence-electron chi connectivity index (χ1n) is 7.46. The van der Waals surface area contributed by atoms with Crippen LogP contribution in [-0.2, 0) is 17.9 Å². The van der Waals surface area contributed by atoms with Crippen molar-refractivity contribution in [1.29, 1.82) is 0 Å². The van der Waals surface area contributed by atoms with E-state index in [1.807, 2.05) is 11.7 Å². The van der Waals surface area contributed by atoms with Crippen LogP contribution in [0.15, 0.2) is 0 Å². The van der Waals surface area contributed by atoms with Crippen LogP contribution in [0.25, 0.3) is 0 Å². The highest BCUT2D eigenvalue weighted by Crippen LogP contribution is 2.27. The minimum atomic E-state index is -0.187. The third kappa shape index (κ3) is 2.59. The maximum Gasteiger partial charge on any atom is 0.275 e. The zero-order chi connectivity index (χ0) is 15.9. The Morgan fingerprint density at radius 2 is 2.05 bits per heavy atom. The maximum atomic E-state index is 12.5. The smallest absolute Gasteiger partial charge is 0.275 e. The fourth-order valence-corrected chi connectivity index (χ4v) is 3.21. The Labute approximate surface area is 134 Å². The summed E-state index contributed by atoms with van der Waals surface area (Å²) in [6.45, 7) is 3.31. The molecule has 2 amide bonds. The lowest BCUT2D eigenvalue weighted by Gasteiger charge is -2.37. The molecule has 1 fully saturated rings. The van der Waals surface area contributed by atoms with Gasteiger partial charge in [-0.2, -0.15) is 5.10 Å². The van der Waals surface area contributed by atoms with E-state index >= 15 is 0 Å². The Hall–Kier alpha value is -1.60. The summed E-state index contributed by atoms with van der Waals surface area (Å²) in [6, 6.07) is 0. The first-order chi connectivity index (χ1) is 10.5. The molecular formula is C14H20ClN5O2. The molecule has 8 heteroatoms. The van der Waals surface area contributed by atoms with Gasteiger partial charge in [-0.05, 0) is 13.5 Å². The number of hydrogen-bond acceptors (Lipinski definition) is 4. The molecular weight excluding hydrogens is 306 g/mol. The molecule has 1 aromatic rings. The minimum absolute atomic E-state index is 0.0302. The zero-order valence-corrected chi connectivity index (χ0v) is 13.6. The quantitative estimate of drug-likeness (QED) is 0.842. The van der Waals surface area contributed by atoms with Crippen molar-refractivity contribution in [3.05, 3.63) is 16.4 Å². The van der Waals surface area contributed by atoms with Crippen LogP contribution in [0.4, 0.5) is 0 Å². The number of carbonyl (C=O) groups is 2. The number of aromatic nitrogens is 2. The molecule has 1 aromatic heterocycles. The molecule has 0 aliphatic carbocycles. The second kappa shape index (κ2) is 5.89. The van der Waals surface area contributed by atoms with Gasteiger partial charge in [0.05, 0.1) is 16.6 Å². The van der Waals surface area contributed by atoms with Gasteiger partial charge in [-0.15, -0.1) is 0 Å². The van der Waals surface area contributed by atoms with E-state index in [2.05, 4.69) is 15.3 Å². The molecule has 22 heavy (non-hydrogen) atoms. The van der Waals surface area contributed by atoms with Crippen LogP contribution in [0.5, 0.6) is 0 Å². The van der Waals surface area contributed by atoms with Crippen LogP contribution in [0, 0.1) is 5.92 Å². The summed E-state index contributed by atoms with van der Waals surface area (Å²) < 4.78 is 1.84. The molecule has 0 bridgehead atoms. The van der Waals surface area contributed by atoms with Crippen LogP contribution in [0.2, 0.25) is 5.02 Å². The van der Waals surface area contributed by atoms with Crippen molar-refractivity contribution in [3.63, 3.8) is 0 Å². The fraction of sp³-hybridized carbons (Fsp3) is 0.643. The van der Waals surface area contributed by atoms with Gasteiger partial charge in [0.15, 0.2) is 5.69 Å². The number of hydrogen-bond donors (Lipinski definition) is 1. The number of nitrogens with zero attached hydrogens (tertiary/aromatic N) is 4. The van der Waals surface area contributed by atoms with Crippen LogP contribution in [0.1, 0.15) is 22.6 Å². The van der Waals surface area contributed by atoms with E-state index in [9.17, 15) is 9.59 Å². The molecule has 0 spiro atoms. The van der Waals surface area contributed by atoms with Crippen molar-refractivity contribution < 1.29 is 9.59 Å². The topological polar surface area (TPSA) is 70.5 Å². The standard InChI is InChI=1S/C14H20ClN5O2/c1-16-13(21)9-6-19(7-9)14(22)12-11(15)10-8-18(2)4-3-5-20(10)17-12/h9H,3-8H2,1-2H3,(H,16,21). The van der Waals surface area contributed by atoms with Crippen LogP contribution in [-0.4, -0.2) is 65.1 Å². The number of aryl methyl sites for hydroxylation is 1. The molecule has 0 saturated carbocycles. The van der Waals surface area contributed by atoms with Crippen molar-refractivity contribution in [2.24, 2.45) is 5.92 Å². The molecule has 0 atom stereocenters. The van der Waals surface area contributed by atoms with E-state index in [0.29, 0.717) is 30.4 Å². The van der Waals surface area contributed by atoms with E-state index in [0.717, 1.165) is 25.2 Å². The Kier molecular flexibility index (Phi) is 4.10. The number of amides is 2. The second-order valence-electron chi connectivity index (χ2n) is 5.95. The predicted octanol–water partition coefficient (Wildman–Crippen LogP) is 0.190. The van der Waals surface area contributed by atoms with E-state index in [-0.39, 0.29) is 17.7 Å². The highest BCUT2D eigenvalue weighted by molar-refractivity contribution is 6.34. The SMILES string of the molecule is CNC(=O)C1CN(C(=O)c2nn3c(c2Cl)CN(C)CCC3)C1. The third-order valence-corrected chi connectivity index (χ3v) is 4.71. The second-order valence-corrected chi connectivity index (χ2v) is 6.32. The Bertz CT molecular complexity index is 609. The molecule has 0 aromatic carbocycles. The Morgan fingerprint density at radius 3 is 2.73 bits per heavy atom. The molecule has 2 aliphatic heterocycles. The van der Waals surface area contributed by atoms with E-state index < -0.39 is 0 Å². The molecule has 1 saturated heterocycles. The summed E-state index contributed by atoms with van der Waals surface area (Å²) in [5.74, 6) is -0.343. The van der Waals surface area contributed by atoms with Gasteiger partial charge in [0.25, 0.3) is 5.91 Å². The Morgan fingerprint density at radius 1 is 1.32 bits per heavy atom. The number of fused-ring (bicyclic) bond motifs is 1. The molecule has 1 N–H and O–H groups in total. The molecule has 7 nitrogen and oxygen atoms in total. The molecule has 3 heterocycles. The number of nitrogens with one attached hydrogen (secondary N) is 1. The molecule has 3 rings (SSSR count). The molecule has 2 aliphatic rings. The Balaban J connectivity index is 1.75. The van der Waals surface area contributed by atoms with Gasteiger partial charge in [0, 0.05) is 39.8 Å². The van der Waals surface area contributed by atoms with Gasteiger partial charge in [-0.25, -0.2) is 0 Å². The first kappa shape index (κ1) is 15.3. The van der Waals surface area contributed by atoms with Crippen molar-refractivity contribution >= 4 is 23.4 Å². The van der Waals surface area contributed by atoms with Gasteiger partial charge in [-0.3, -0.25) is 14.3 Å². The summed E-state index contributed by atoms with van der Waals surface area (Å²) in [5, 5.41) is 7.45. The average molecular weight is 326 g/mol. The predicted molar refractivity (Wildman–Crippen MR) is 81.6 cm³/mol. The number of likely N-dealkylation sites (tertiary alicyclic amines) is 1. The molecule has 0 radical (unpaired) electrons. The highest BCUT2D eigenvalue weighted by Gasteiger charge is 2.38. The minimum Gasteiger partial charge on any atom is -0.359 e. The first-order valence-corrected chi connectivity index (χ1v) is 7.83. The van der Waals surface area contributed by atoms with Crippen LogP contribution >= 0.6 is 11.6 Å². The monoisotopic (exact) mass is 325 g/mol. The van der Waals surface area contributed by atoms with Gasteiger partial charge in [0.1, 0.15) is 0 Å². The van der Waals surface area contributed by atoms with Crippen molar-refractivity contribution in [1.82, 2.24) is 24.9 Å². The maximum absolute atomic E-state index is 12.5. The lowest BCUT2D eigenvalue weighted by molar-refractivity contribution is -0.128. The summed E-state index contributed by atoms with van der Waals surface area (Å²) >= 11 is 6.39. The van der Waals surface area contributed by atoms with Crippen molar-refractivity contribution in [3.8, 4) is 0 Å². The number of halogens is 1. The van der Waals surface area contributed by atoms with Crippen LogP contribution < -0.4 is 5.32 Å². The third-order valence-electron chi connectivity index (χ3n) is 4.31. The normalized spacial score (nSPS) is 19.3. The van der Waals surface area contributed by atoms with Crippen molar-refractivity contribution in [2.45, 2.75) is 19.5 Å². The molecule has 120 valence electrons.